The Hall–Kier alpha value is -4.17. The molecular weight excluding hydrogens is 622 g/mol. The van der Waals surface area contributed by atoms with Crippen LogP contribution in [0, 0.1) is 5.92 Å². The number of hydrogen-bond donors (Lipinski definition) is 4. The predicted octanol–water partition coefficient (Wildman–Crippen LogP) is -0.0719. The van der Waals surface area contributed by atoms with Gasteiger partial charge in [0.15, 0.2) is 16.6 Å². The highest BCUT2D eigenvalue weighted by Gasteiger charge is 2.57. The second-order valence-corrected chi connectivity index (χ2v) is 12.5. The summed E-state index contributed by atoms with van der Waals surface area (Å²) in [4.78, 5) is 53.5. The predicted molar refractivity (Wildman–Crippen MR) is 156 cm³/mol. The molecular formula is C25H31N7O10S2. The number of nitrogen functional groups attached to an aromatic ring is 1. The largest absolute Gasteiger partial charge is 0.489 e. The van der Waals surface area contributed by atoms with E-state index in [2.05, 4.69) is 24.3 Å². The van der Waals surface area contributed by atoms with Gasteiger partial charge in [0.1, 0.15) is 23.9 Å². The lowest BCUT2D eigenvalue weighted by atomic mass is 9.74. The van der Waals surface area contributed by atoms with Crippen molar-refractivity contribution < 1.29 is 46.3 Å². The first-order valence-electron chi connectivity index (χ1n) is 13.0. The average molecular weight is 654 g/mol. The van der Waals surface area contributed by atoms with Gasteiger partial charge in [0, 0.05) is 30.5 Å². The molecule has 17 nitrogen and oxygen atoms in total. The molecule has 3 heterocycles. The molecule has 2 aliphatic rings. The lowest BCUT2D eigenvalue weighted by molar-refractivity contribution is -0.228. The van der Waals surface area contributed by atoms with Crippen molar-refractivity contribution in [3.8, 4) is 5.75 Å². The molecule has 0 bridgehead atoms. The summed E-state index contributed by atoms with van der Waals surface area (Å²) in [6.07, 6.45) is -2.16. The number of aliphatic imine (C=N–C) groups is 1. The van der Waals surface area contributed by atoms with Gasteiger partial charge in [-0.2, -0.15) is 13.5 Å². The molecule has 44 heavy (non-hydrogen) atoms. The van der Waals surface area contributed by atoms with Crippen molar-refractivity contribution in [1.29, 1.82) is 0 Å². The van der Waals surface area contributed by atoms with Crippen molar-refractivity contribution in [3.63, 3.8) is 0 Å². The minimum atomic E-state index is -4.99. The number of thiazole rings is 1. The van der Waals surface area contributed by atoms with Crippen LogP contribution in [-0.2, 0) is 33.9 Å². The minimum Gasteiger partial charge on any atom is -0.489 e. The van der Waals surface area contributed by atoms with Crippen molar-refractivity contribution in [2.75, 3.05) is 32.5 Å². The molecule has 1 amide bonds. The van der Waals surface area contributed by atoms with Crippen LogP contribution in [0.5, 0.6) is 5.75 Å². The Bertz CT molecular complexity index is 1580. The number of benzene rings is 1. The Morgan fingerprint density at radius 3 is 2.43 bits per heavy atom. The van der Waals surface area contributed by atoms with Gasteiger partial charge in [-0.25, -0.2) is 9.78 Å². The van der Waals surface area contributed by atoms with Gasteiger partial charge in [0.05, 0.1) is 17.5 Å². The molecule has 2 aliphatic heterocycles. The Balaban J connectivity index is 1.43. The van der Waals surface area contributed by atoms with Crippen LogP contribution in [0.1, 0.15) is 31.5 Å². The zero-order valence-electron chi connectivity index (χ0n) is 23.8. The second kappa shape index (κ2) is 12.8. The molecule has 2 aromatic rings. The Kier molecular flexibility index (Phi) is 9.54. The maximum absolute atomic E-state index is 13.3. The molecule has 4 rings (SSSR count). The number of ether oxygens (including phenoxy) is 1. The number of Topliss-reactive ketones (excluding diaryl/α,β-unsaturated/α-hetero) is 1. The van der Waals surface area contributed by atoms with Crippen molar-refractivity contribution in [1.82, 2.24) is 14.9 Å². The number of amidine groups is 1. The molecule has 0 spiro atoms. The molecule has 2 fully saturated rings. The lowest BCUT2D eigenvalue weighted by Crippen LogP contribution is -2.68. The zero-order valence-corrected chi connectivity index (χ0v) is 25.4. The molecule has 6 N–H and O–H groups in total. The quantitative estimate of drug-likeness (QED) is 0.0685. The molecule has 2 atom stereocenters. The van der Waals surface area contributed by atoms with Gasteiger partial charge in [-0.1, -0.05) is 5.16 Å². The van der Waals surface area contributed by atoms with Gasteiger partial charge < -0.3 is 31.0 Å². The summed E-state index contributed by atoms with van der Waals surface area (Å²) in [5, 5.41) is 15.3. The van der Waals surface area contributed by atoms with E-state index in [9.17, 15) is 27.9 Å². The minimum absolute atomic E-state index is 0.0263. The SMILES string of the molecule is CN1CC(N=C(N)c2ccc(OC[C@H](O/N=C(\C(=O)C[C@@H]3C(=O)N(OS(=O)(=O)O)C3(C)C)c3csc(N)n3)C(=O)O)cc2)C1. The highest BCUT2D eigenvalue weighted by Crippen LogP contribution is 2.40. The van der Waals surface area contributed by atoms with Crippen LogP contribution >= 0.6 is 11.3 Å². The van der Waals surface area contributed by atoms with E-state index in [1.165, 1.54) is 19.2 Å². The number of carbonyl (C=O) groups is 3. The van der Waals surface area contributed by atoms with E-state index < -0.39 is 64.4 Å². The number of ketones is 1. The number of carbonyl (C=O) groups excluding carboxylic acids is 2. The second-order valence-electron chi connectivity index (χ2n) is 10.6. The molecule has 1 aromatic carbocycles. The number of aromatic nitrogens is 1. The third-order valence-electron chi connectivity index (χ3n) is 6.93. The maximum Gasteiger partial charge on any atom is 0.418 e. The van der Waals surface area contributed by atoms with Crippen LogP contribution < -0.4 is 16.2 Å². The van der Waals surface area contributed by atoms with Crippen LogP contribution in [-0.4, -0.2) is 107 Å². The third kappa shape index (κ3) is 7.66. The number of carboxylic acids is 1. The molecule has 1 aromatic heterocycles. The number of rotatable bonds is 14. The van der Waals surface area contributed by atoms with Gasteiger partial charge >= 0.3 is 16.4 Å². The van der Waals surface area contributed by atoms with E-state index in [0.29, 0.717) is 22.2 Å². The smallest absolute Gasteiger partial charge is 0.418 e. The lowest BCUT2D eigenvalue weighted by Gasteiger charge is -2.50. The standard InChI is InChI=1S/C25H31N7O10S2/c1-25(2)16(22(34)32(25)42-44(37,38)39)8-18(33)20(17-12-43-24(27)29-17)30-41-19(23(35)36)11-40-15-6-4-13(5-7-15)21(26)28-14-9-31(3)10-14/h4-7,12,14,16,19H,8-11H2,1-3H3,(H2,26,28)(H2,27,29)(H,35,36)(H,37,38,39)/b30-20-/t16-,19+/m1/s1. The number of anilines is 1. The summed E-state index contributed by atoms with van der Waals surface area (Å²) in [7, 11) is -3.00. The molecule has 0 aliphatic carbocycles. The number of nitrogens with zero attached hydrogens (tertiary/aromatic N) is 5. The number of likely N-dealkylation sites (N-methyl/N-ethyl adjacent to an activating group) is 1. The summed E-state index contributed by atoms with van der Waals surface area (Å²) in [6.45, 7) is 4.00. The van der Waals surface area contributed by atoms with E-state index in [1.807, 2.05) is 7.05 Å². The topological polar surface area (TPSA) is 250 Å². The van der Waals surface area contributed by atoms with Gasteiger partial charge in [-0.05, 0) is 45.2 Å². The average Bonchev–Trinajstić information content (AvgIpc) is 3.36. The number of hydrogen-bond acceptors (Lipinski definition) is 14. The van der Waals surface area contributed by atoms with Crippen molar-refractivity contribution in [2.24, 2.45) is 21.8 Å². The van der Waals surface area contributed by atoms with Crippen LogP contribution in [0.2, 0.25) is 0 Å². The number of carboxylic acid groups (broad SMARTS) is 1. The number of amides is 1. The molecule has 0 saturated carbocycles. The van der Waals surface area contributed by atoms with Crippen LogP contribution in [0.4, 0.5) is 5.13 Å². The first-order valence-corrected chi connectivity index (χ1v) is 15.3. The Morgan fingerprint density at radius 2 is 1.91 bits per heavy atom. The number of oxime groups is 1. The zero-order chi connectivity index (χ0) is 32.4. The summed E-state index contributed by atoms with van der Waals surface area (Å²) < 4.78 is 41.0. The highest BCUT2D eigenvalue weighted by molar-refractivity contribution is 7.80. The summed E-state index contributed by atoms with van der Waals surface area (Å²) >= 11 is 0.983. The summed E-state index contributed by atoms with van der Waals surface area (Å²) in [6, 6.07) is 6.68. The molecule has 0 unspecified atom stereocenters. The third-order valence-corrected chi connectivity index (χ3v) is 7.94. The normalized spacial score (nSPS) is 20.0. The first kappa shape index (κ1) is 32.7. The highest BCUT2D eigenvalue weighted by atomic mass is 32.3. The van der Waals surface area contributed by atoms with E-state index in [1.54, 1.807) is 24.3 Å². The van der Waals surface area contributed by atoms with Crippen molar-refractivity contribution >= 4 is 56.1 Å². The fourth-order valence-electron chi connectivity index (χ4n) is 4.46. The number of hydroxylamine groups is 2. The van der Waals surface area contributed by atoms with Crippen LogP contribution in [0.3, 0.4) is 0 Å². The molecule has 2 saturated heterocycles. The number of β-lactam (4-membered cyclic amide) rings is 1. The Morgan fingerprint density at radius 1 is 1.25 bits per heavy atom. The number of likely N-dealkylation sites (tertiary alicyclic amines) is 1. The number of aliphatic carboxylic acids is 1. The van der Waals surface area contributed by atoms with Crippen molar-refractivity contribution in [2.45, 2.75) is 38.0 Å². The summed E-state index contributed by atoms with van der Waals surface area (Å²) in [5.41, 5.74) is 10.7. The van der Waals surface area contributed by atoms with E-state index in [0.717, 1.165) is 24.4 Å². The van der Waals surface area contributed by atoms with Gasteiger partial charge in [0.25, 0.3) is 12.0 Å². The Labute approximate surface area is 256 Å². The summed E-state index contributed by atoms with van der Waals surface area (Å²) in [5.74, 6) is -3.48. The monoisotopic (exact) mass is 653 g/mol. The van der Waals surface area contributed by atoms with Gasteiger partial charge in [-0.3, -0.25) is 19.1 Å². The van der Waals surface area contributed by atoms with Crippen LogP contribution in [0.25, 0.3) is 0 Å². The van der Waals surface area contributed by atoms with E-state index in [-0.39, 0.29) is 16.9 Å². The fraction of sp³-hybridized carbons (Fsp3) is 0.440. The first-order chi connectivity index (χ1) is 20.5. The van der Waals surface area contributed by atoms with Crippen molar-refractivity contribution in [3.05, 3.63) is 40.9 Å². The maximum atomic E-state index is 13.3. The van der Waals surface area contributed by atoms with Gasteiger partial charge in [-0.15, -0.1) is 15.6 Å². The fourth-order valence-corrected chi connectivity index (χ4v) is 5.46. The van der Waals surface area contributed by atoms with Crippen LogP contribution in [0.15, 0.2) is 39.8 Å². The van der Waals surface area contributed by atoms with E-state index >= 15 is 0 Å². The molecule has 0 radical (unpaired) electrons. The number of nitrogens with two attached hydrogens (primary N) is 2. The van der Waals surface area contributed by atoms with E-state index in [4.69, 9.17) is 25.6 Å². The van der Waals surface area contributed by atoms with Gasteiger partial charge in [0.2, 0.25) is 0 Å². The molecule has 19 heteroatoms. The molecule has 238 valence electrons.